The first kappa shape index (κ1) is 10.2. The summed E-state index contributed by atoms with van der Waals surface area (Å²) in [6, 6.07) is 10.7. The van der Waals surface area contributed by atoms with Gasteiger partial charge in [-0.1, -0.05) is 38.1 Å². The van der Waals surface area contributed by atoms with Gasteiger partial charge in [0.25, 0.3) is 0 Å². The van der Waals surface area contributed by atoms with Crippen molar-refractivity contribution in [3.63, 3.8) is 0 Å². The summed E-state index contributed by atoms with van der Waals surface area (Å²) in [6.07, 6.45) is 0. The standard InChI is InChI=1S/C11H17N2/c1-11(2,8-12)10(13)9-6-4-3-5-7-9/h4-7,10H,8,12-13H2,1-2H3. The second kappa shape index (κ2) is 3.90. The Morgan fingerprint density at radius 3 is 2.38 bits per heavy atom. The number of hydrogen-bond acceptors (Lipinski definition) is 2. The normalized spacial score (nSPS) is 14.2. The summed E-state index contributed by atoms with van der Waals surface area (Å²) >= 11 is 0. The molecule has 0 aliphatic rings. The lowest BCUT2D eigenvalue weighted by Gasteiger charge is -2.30. The number of hydrogen-bond donors (Lipinski definition) is 2. The van der Waals surface area contributed by atoms with Gasteiger partial charge in [0, 0.05) is 6.04 Å². The summed E-state index contributed by atoms with van der Waals surface area (Å²) < 4.78 is 0. The van der Waals surface area contributed by atoms with Gasteiger partial charge in [-0.25, -0.2) is 0 Å². The molecule has 0 saturated carbocycles. The largest absolute Gasteiger partial charge is 0.330 e. The van der Waals surface area contributed by atoms with E-state index in [-0.39, 0.29) is 11.5 Å². The van der Waals surface area contributed by atoms with Gasteiger partial charge in [0.1, 0.15) is 0 Å². The van der Waals surface area contributed by atoms with E-state index in [1.165, 1.54) is 0 Å². The fraction of sp³-hybridized carbons (Fsp3) is 0.455. The van der Waals surface area contributed by atoms with E-state index in [2.05, 4.69) is 19.9 Å². The van der Waals surface area contributed by atoms with Crippen LogP contribution in [0.5, 0.6) is 0 Å². The van der Waals surface area contributed by atoms with Crippen molar-refractivity contribution >= 4 is 0 Å². The van der Waals surface area contributed by atoms with Crippen LogP contribution in [0.4, 0.5) is 0 Å². The molecule has 2 nitrogen and oxygen atoms in total. The molecule has 71 valence electrons. The van der Waals surface area contributed by atoms with E-state index in [0.29, 0.717) is 6.54 Å². The van der Waals surface area contributed by atoms with Crippen LogP contribution in [0.25, 0.3) is 0 Å². The fourth-order valence-electron chi connectivity index (χ4n) is 1.19. The Kier molecular flexibility index (Phi) is 3.07. The van der Waals surface area contributed by atoms with Crippen LogP contribution in [-0.2, 0) is 0 Å². The van der Waals surface area contributed by atoms with E-state index in [1.54, 1.807) is 0 Å². The van der Waals surface area contributed by atoms with Gasteiger partial charge in [-0.3, -0.25) is 0 Å². The zero-order valence-corrected chi connectivity index (χ0v) is 8.25. The lowest BCUT2D eigenvalue weighted by molar-refractivity contribution is 0.301. The Labute approximate surface area is 79.9 Å². The van der Waals surface area contributed by atoms with Gasteiger partial charge in [-0.15, -0.1) is 0 Å². The van der Waals surface area contributed by atoms with Crippen LogP contribution in [-0.4, -0.2) is 6.54 Å². The van der Waals surface area contributed by atoms with E-state index < -0.39 is 0 Å². The van der Waals surface area contributed by atoms with E-state index in [4.69, 9.17) is 11.5 Å². The van der Waals surface area contributed by atoms with E-state index >= 15 is 0 Å². The molecule has 2 heteroatoms. The average Bonchev–Trinajstić information content (AvgIpc) is 2.18. The van der Waals surface area contributed by atoms with Crippen molar-refractivity contribution in [2.75, 3.05) is 6.54 Å². The predicted octanol–water partition coefficient (Wildman–Crippen LogP) is 1.47. The summed E-state index contributed by atoms with van der Waals surface area (Å²) in [6.45, 7) is 4.75. The lowest BCUT2D eigenvalue weighted by Crippen LogP contribution is -2.35. The van der Waals surface area contributed by atoms with Crippen LogP contribution >= 0.6 is 0 Å². The fourth-order valence-corrected chi connectivity index (χ4v) is 1.19. The minimum absolute atomic E-state index is 0.00731. The van der Waals surface area contributed by atoms with Crippen molar-refractivity contribution in [2.24, 2.45) is 16.9 Å². The van der Waals surface area contributed by atoms with Crippen LogP contribution in [0, 0.1) is 11.5 Å². The lowest BCUT2D eigenvalue weighted by atomic mass is 9.81. The SMILES string of the molecule is CC(C)(CN)C(N)c1cc[c]cc1. The summed E-state index contributed by atoms with van der Waals surface area (Å²) in [5, 5.41) is 0. The molecule has 1 atom stereocenters. The van der Waals surface area contributed by atoms with E-state index in [1.807, 2.05) is 24.3 Å². The first-order valence-corrected chi connectivity index (χ1v) is 4.49. The molecule has 0 bridgehead atoms. The summed E-state index contributed by atoms with van der Waals surface area (Å²) in [7, 11) is 0. The molecular weight excluding hydrogens is 160 g/mol. The highest BCUT2D eigenvalue weighted by Crippen LogP contribution is 2.29. The molecule has 0 aromatic heterocycles. The minimum Gasteiger partial charge on any atom is -0.330 e. The first-order chi connectivity index (χ1) is 6.08. The van der Waals surface area contributed by atoms with Gasteiger partial charge in [0.2, 0.25) is 0 Å². The molecule has 1 aromatic carbocycles. The smallest absolute Gasteiger partial charge is 0.0358 e. The van der Waals surface area contributed by atoms with Crippen LogP contribution in [0.1, 0.15) is 25.5 Å². The highest BCUT2D eigenvalue weighted by Gasteiger charge is 2.25. The Balaban J connectivity index is 2.85. The Hall–Kier alpha value is -0.860. The maximum absolute atomic E-state index is 6.09. The molecule has 0 amide bonds. The minimum atomic E-state index is -0.0542. The third kappa shape index (κ3) is 2.29. The Bertz CT molecular complexity index is 254. The van der Waals surface area contributed by atoms with Crippen molar-refractivity contribution in [1.82, 2.24) is 0 Å². The van der Waals surface area contributed by atoms with Crippen molar-refractivity contribution in [3.05, 3.63) is 35.9 Å². The van der Waals surface area contributed by atoms with E-state index in [0.717, 1.165) is 5.56 Å². The molecule has 1 radical (unpaired) electrons. The van der Waals surface area contributed by atoms with Gasteiger partial charge in [-0.05, 0) is 23.6 Å². The topological polar surface area (TPSA) is 52.0 Å². The summed E-state index contributed by atoms with van der Waals surface area (Å²) in [5.41, 5.74) is 12.8. The third-order valence-electron chi connectivity index (χ3n) is 2.47. The molecule has 0 aliphatic carbocycles. The molecule has 4 N–H and O–H groups in total. The van der Waals surface area contributed by atoms with Crippen LogP contribution in [0.2, 0.25) is 0 Å². The van der Waals surface area contributed by atoms with Gasteiger partial charge in [0.05, 0.1) is 0 Å². The van der Waals surface area contributed by atoms with Crippen LogP contribution in [0.3, 0.4) is 0 Å². The summed E-state index contributed by atoms with van der Waals surface area (Å²) in [4.78, 5) is 0. The van der Waals surface area contributed by atoms with Crippen molar-refractivity contribution in [1.29, 1.82) is 0 Å². The van der Waals surface area contributed by atoms with E-state index in [9.17, 15) is 0 Å². The third-order valence-corrected chi connectivity index (χ3v) is 2.47. The molecule has 1 rings (SSSR count). The monoisotopic (exact) mass is 177 g/mol. The molecule has 13 heavy (non-hydrogen) atoms. The highest BCUT2D eigenvalue weighted by atomic mass is 14.7. The molecule has 0 fully saturated rings. The molecule has 0 heterocycles. The van der Waals surface area contributed by atoms with Crippen molar-refractivity contribution < 1.29 is 0 Å². The molecule has 0 saturated heterocycles. The van der Waals surface area contributed by atoms with Crippen LogP contribution in [0.15, 0.2) is 24.3 Å². The van der Waals surface area contributed by atoms with Gasteiger partial charge < -0.3 is 11.5 Å². The number of benzene rings is 1. The predicted molar refractivity (Wildman–Crippen MR) is 55.0 cm³/mol. The zero-order valence-electron chi connectivity index (χ0n) is 8.25. The maximum Gasteiger partial charge on any atom is 0.0358 e. The quantitative estimate of drug-likeness (QED) is 0.734. The van der Waals surface area contributed by atoms with Crippen molar-refractivity contribution in [2.45, 2.75) is 19.9 Å². The Morgan fingerprint density at radius 2 is 1.92 bits per heavy atom. The average molecular weight is 177 g/mol. The molecular formula is C11H17N2. The van der Waals surface area contributed by atoms with Gasteiger partial charge in [0.15, 0.2) is 0 Å². The second-order valence-electron chi connectivity index (χ2n) is 4.00. The second-order valence-corrected chi connectivity index (χ2v) is 4.00. The highest BCUT2D eigenvalue weighted by molar-refractivity contribution is 5.19. The van der Waals surface area contributed by atoms with Crippen LogP contribution < -0.4 is 11.5 Å². The summed E-state index contributed by atoms with van der Waals surface area (Å²) in [5.74, 6) is 0. The first-order valence-electron chi connectivity index (χ1n) is 4.49. The maximum atomic E-state index is 6.09. The molecule has 0 aliphatic heterocycles. The number of nitrogens with two attached hydrogens (primary N) is 2. The van der Waals surface area contributed by atoms with Gasteiger partial charge in [-0.2, -0.15) is 0 Å². The Morgan fingerprint density at radius 1 is 1.38 bits per heavy atom. The van der Waals surface area contributed by atoms with Gasteiger partial charge >= 0.3 is 0 Å². The molecule has 1 unspecified atom stereocenters. The molecule has 1 aromatic rings. The molecule has 0 spiro atoms. The van der Waals surface area contributed by atoms with Crippen molar-refractivity contribution in [3.8, 4) is 0 Å². The zero-order chi connectivity index (χ0) is 9.90. The number of rotatable bonds is 3.